The predicted molar refractivity (Wildman–Crippen MR) is 216 cm³/mol. The maximum Gasteiger partial charge on any atom is 0.118 e. The number of hydrogen-bond donors (Lipinski definition) is 0. The van der Waals surface area contributed by atoms with Crippen LogP contribution < -0.4 is 9.47 Å². The molecular formula is C49H36O2. The molecule has 0 amide bonds. The number of fused-ring (bicyclic) bond motifs is 4. The lowest BCUT2D eigenvalue weighted by Gasteiger charge is -2.20. The lowest BCUT2D eigenvalue weighted by Crippen LogP contribution is -1.94. The smallest absolute Gasteiger partial charge is 0.118 e. The van der Waals surface area contributed by atoms with E-state index in [0.717, 1.165) is 11.5 Å². The van der Waals surface area contributed by atoms with Gasteiger partial charge < -0.3 is 9.47 Å². The highest BCUT2D eigenvalue weighted by Crippen LogP contribution is 2.47. The summed E-state index contributed by atoms with van der Waals surface area (Å²) in [5, 5.41) is 9.90. The van der Waals surface area contributed by atoms with Gasteiger partial charge in [-0.15, -0.1) is 0 Å². The van der Waals surface area contributed by atoms with Crippen LogP contribution in [0.5, 0.6) is 11.5 Å². The predicted octanol–water partition coefficient (Wildman–Crippen LogP) is 13.3. The summed E-state index contributed by atoms with van der Waals surface area (Å²) in [5.74, 6) is 1.71. The fourth-order valence-corrected chi connectivity index (χ4v) is 8.09. The molecule has 9 aromatic rings. The minimum absolute atomic E-state index is 0.855. The molecule has 0 bridgehead atoms. The SMILES string of the molecule is COc1ccc(-c2c3ccccc3c(-c3cc(C)cc(-c4c5ccccc5c(-c5ccc(OC)cc5)c5ccccc45)c3)c3ccccc23)cc1. The second-order valence-electron chi connectivity index (χ2n) is 13.2. The Morgan fingerprint density at radius 3 is 0.804 bits per heavy atom. The molecule has 0 heterocycles. The van der Waals surface area contributed by atoms with Crippen LogP contribution in [0, 0.1) is 6.92 Å². The van der Waals surface area contributed by atoms with E-state index in [9.17, 15) is 0 Å². The molecule has 9 aromatic carbocycles. The molecule has 244 valence electrons. The molecule has 9 rings (SSSR count). The standard InChI is InChI=1S/C49H36O2/c1-31-28-34(48-42-16-8-4-12-38(42)46(39-13-5-9-17-43(39)48)32-20-24-36(50-2)25-21-32)30-35(29-31)49-44-18-10-6-14-40(44)47(41-15-7-11-19-45(41)49)33-22-26-37(51-3)27-23-33/h4-30H,1-3H3. The van der Waals surface area contributed by atoms with Crippen LogP contribution in [0.15, 0.2) is 164 Å². The molecule has 0 saturated heterocycles. The maximum atomic E-state index is 5.50. The Hall–Kier alpha value is -6.38. The third-order valence-corrected chi connectivity index (χ3v) is 10.3. The molecule has 2 nitrogen and oxygen atoms in total. The van der Waals surface area contributed by atoms with E-state index in [2.05, 4.69) is 146 Å². The molecule has 0 aromatic heterocycles. The molecule has 0 aliphatic heterocycles. The quantitative estimate of drug-likeness (QED) is 0.166. The van der Waals surface area contributed by atoms with Crippen LogP contribution in [-0.4, -0.2) is 14.2 Å². The normalized spacial score (nSPS) is 11.4. The third-order valence-electron chi connectivity index (χ3n) is 10.3. The Balaban J connectivity index is 1.33. The van der Waals surface area contributed by atoms with Gasteiger partial charge in [-0.25, -0.2) is 0 Å². The van der Waals surface area contributed by atoms with Gasteiger partial charge in [0.2, 0.25) is 0 Å². The van der Waals surface area contributed by atoms with E-state index in [4.69, 9.17) is 9.47 Å². The van der Waals surface area contributed by atoms with Crippen molar-refractivity contribution in [1.29, 1.82) is 0 Å². The average Bonchev–Trinajstić information content (AvgIpc) is 3.18. The van der Waals surface area contributed by atoms with Gasteiger partial charge in [0.25, 0.3) is 0 Å². The lowest BCUT2D eigenvalue weighted by molar-refractivity contribution is 0.415. The van der Waals surface area contributed by atoms with Crippen LogP contribution in [-0.2, 0) is 0 Å². The van der Waals surface area contributed by atoms with Crippen molar-refractivity contribution in [2.24, 2.45) is 0 Å². The van der Waals surface area contributed by atoms with Crippen molar-refractivity contribution < 1.29 is 9.47 Å². The Kier molecular flexibility index (Phi) is 7.51. The molecule has 0 atom stereocenters. The molecule has 0 saturated carbocycles. The van der Waals surface area contributed by atoms with Crippen LogP contribution in [0.1, 0.15) is 5.56 Å². The van der Waals surface area contributed by atoms with E-state index in [1.54, 1.807) is 14.2 Å². The zero-order valence-corrected chi connectivity index (χ0v) is 28.9. The first-order valence-corrected chi connectivity index (χ1v) is 17.4. The van der Waals surface area contributed by atoms with Gasteiger partial charge in [0, 0.05) is 0 Å². The molecule has 0 radical (unpaired) electrons. The van der Waals surface area contributed by atoms with Crippen molar-refractivity contribution in [3.05, 3.63) is 169 Å². The van der Waals surface area contributed by atoms with E-state index < -0.39 is 0 Å². The number of hydrogen-bond acceptors (Lipinski definition) is 2. The number of aryl methyl sites for hydroxylation is 1. The number of benzene rings is 9. The summed E-state index contributed by atoms with van der Waals surface area (Å²) in [6, 6.07) is 59.4. The summed E-state index contributed by atoms with van der Waals surface area (Å²) in [6.07, 6.45) is 0. The fraction of sp³-hybridized carbons (Fsp3) is 0.0612. The summed E-state index contributed by atoms with van der Waals surface area (Å²) >= 11 is 0. The molecule has 0 fully saturated rings. The molecular weight excluding hydrogens is 621 g/mol. The maximum absolute atomic E-state index is 5.50. The lowest BCUT2D eigenvalue weighted by atomic mass is 9.83. The van der Waals surface area contributed by atoms with Crippen LogP contribution in [0.3, 0.4) is 0 Å². The number of methoxy groups -OCH3 is 2. The van der Waals surface area contributed by atoms with Crippen LogP contribution in [0.4, 0.5) is 0 Å². The molecule has 0 aliphatic rings. The van der Waals surface area contributed by atoms with Crippen LogP contribution >= 0.6 is 0 Å². The largest absolute Gasteiger partial charge is 0.497 e. The van der Waals surface area contributed by atoms with Gasteiger partial charge in [-0.1, -0.05) is 133 Å². The number of rotatable bonds is 6. The van der Waals surface area contributed by atoms with Gasteiger partial charge >= 0.3 is 0 Å². The summed E-state index contributed by atoms with van der Waals surface area (Å²) < 4.78 is 11.0. The highest BCUT2D eigenvalue weighted by Gasteiger charge is 2.20. The first-order chi connectivity index (χ1) is 25.1. The molecule has 0 N–H and O–H groups in total. The second-order valence-corrected chi connectivity index (χ2v) is 13.2. The van der Waals surface area contributed by atoms with Gasteiger partial charge in [0.15, 0.2) is 0 Å². The summed E-state index contributed by atoms with van der Waals surface area (Å²) in [7, 11) is 3.43. The summed E-state index contributed by atoms with van der Waals surface area (Å²) in [6.45, 7) is 2.22. The Morgan fingerprint density at radius 2 is 0.549 bits per heavy atom. The number of ether oxygens (including phenoxy) is 2. The molecule has 0 aliphatic carbocycles. The minimum Gasteiger partial charge on any atom is -0.497 e. The van der Waals surface area contributed by atoms with Gasteiger partial charge in [0.05, 0.1) is 14.2 Å². The molecule has 2 heteroatoms. The van der Waals surface area contributed by atoms with Crippen molar-refractivity contribution in [1.82, 2.24) is 0 Å². The molecule has 51 heavy (non-hydrogen) atoms. The van der Waals surface area contributed by atoms with Gasteiger partial charge in [-0.2, -0.15) is 0 Å². The van der Waals surface area contributed by atoms with E-state index in [1.807, 2.05) is 24.3 Å². The van der Waals surface area contributed by atoms with Crippen LogP contribution in [0.2, 0.25) is 0 Å². The Labute approximate surface area is 298 Å². The fourth-order valence-electron chi connectivity index (χ4n) is 8.09. The summed E-state index contributed by atoms with van der Waals surface area (Å²) in [4.78, 5) is 0. The first kappa shape index (κ1) is 30.7. The van der Waals surface area contributed by atoms with E-state index >= 15 is 0 Å². The Bertz CT molecular complexity index is 2450. The highest BCUT2D eigenvalue weighted by molar-refractivity contribution is 6.23. The van der Waals surface area contributed by atoms with Crippen molar-refractivity contribution >= 4 is 43.1 Å². The average molecular weight is 657 g/mol. The van der Waals surface area contributed by atoms with E-state index in [-0.39, 0.29) is 0 Å². The van der Waals surface area contributed by atoms with Gasteiger partial charge in [0.1, 0.15) is 11.5 Å². The third kappa shape index (κ3) is 5.11. The van der Waals surface area contributed by atoms with Crippen molar-refractivity contribution in [2.45, 2.75) is 6.92 Å². The first-order valence-electron chi connectivity index (χ1n) is 17.4. The van der Waals surface area contributed by atoms with Crippen molar-refractivity contribution in [2.75, 3.05) is 14.2 Å². The van der Waals surface area contributed by atoms with Crippen molar-refractivity contribution in [3.8, 4) is 56.0 Å². The molecule has 0 spiro atoms. The second kappa shape index (κ2) is 12.5. The van der Waals surface area contributed by atoms with Crippen LogP contribution in [0.25, 0.3) is 87.6 Å². The van der Waals surface area contributed by atoms with Gasteiger partial charge in [-0.05, 0) is 130 Å². The highest BCUT2D eigenvalue weighted by atomic mass is 16.5. The van der Waals surface area contributed by atoms with E-state index in [1.165, 1.54) is 93.2 Å². The Morgan fingerprint density at radius 1 is 0.294 bits per heavy atom. The van der Waals surface area contributed by atoms with E-state index in [0.29, 0.717) is 0 Å². The molecule has 0 unspecified atom stereocenters. The topological polar surface area (TPSA) is 18.5 Å². The minimum atomic E-state index is 0.855. The zero-order chi connectivity index (χ0) is 34.5. The summed E-state index contributed by atoms with van der Waals surface area (Å²) in [5.41, 5.74) is 11.0. The van der Waals surface area contributed by atoms with Gasteiger partial charge in [-0.3, -0.25) is 0 Å². The zero-order valence-electron chi connectivity index (χ0n) is 28.9. The van der Waals surface area contributed by atoms with Crippen molar-refractivity contribution in [3.63, 3.8) is 0 Å². The monoisotopic (exact) mass is 656 g/mol.